The molecular weight excluding hydrogens is 364 g/mol. The van der Waals surface area contributed by atoms with Crippen molar-refractivity contribution in [2.45, 2.75) is 31.7 Å². The molecule has 0 bridgehead atoms. The fourth-order valence-corrected chi connectivity index (χ4v) is 4.05. The van der Waals surface area contributed by atoms with Crippen molar-refractivity contribution >= 4 is 11.8 Å². The highest BCUT2D eigenvalue weighted by Crippen LogP contribution is 2.28. The van der Waals surface area contributed by atoms with Gasteiger partial charge >= 0.3 is 0 Å². The van der Waals surface area contributed by atoms with Crippen LogP contribution in [0, 0.1) is 0 Å². The van der Waals surface area contributed by atoms with E-state index >= 15 is 0 Å². The molecule has 2 N–H and O–H groups in total. The highest BCUT2D eigenvalue weighted by atomic mass is 16.5. The Morgan fingerprint density at radius 1 is 1.07 bits per heavy atom. The summed E-state index contributed by atoms with van der Waals surface area (Å²) in [5.41, 5.74) is 6.21. The van der Waals surface area contributed by atoms with E-state index in [9.17, 15) is 9.59 Å². The molecule has 2 aromatic rings. The normalized spacial score (nSPS) is 18.4. The quantitative estimate of drug-likeness (QED) is 0.621. The van der Waals surface area contributed by atoms with Gasteiger partial charge in [-0.3, -0.25) is 14.8 Å². The van der Waals surface area contributed by atoms with Crippen LogP contribution in [0.3, 0.4) is 0 Å². The van der Waals surface area contributed by atoms with Crippen LogP contribution in [0.15, 0.2) is 72.3 Å². The monoisotopic (exact) mass is 388 g/mol. The summed E-state index contributed by atoms with van der Waals surface area (Å²) in [6.45, 7) is 1.21. The third kappa shape index (κ3) is 4.15. The number of rotatable bonds is 3. The molecular formula is C24H24N2O3. The van der Waals surface area contributed by atoms with Crippen molar-refractivity contribution in [2.75, 3.05) is 6.54 Å². The molecule has 2 aliphatic rings. The summed E-state index contributed by atoms with van der Waals surface area (Å²) in [5.74, 6) is -0.151. The van der Waals surface area contributed by atoms with Gasteiger partial charge in [0, 0.05) is 30.1 Å². The van der Waals surface area contributed by atoms with E-state index in [0.29, 0.717) is 24.6 Å². The van der Waals surface area contributed by atoms with Gasteiger partial charge in [0.15, 0.2) is 0 Å². The molecule has 1 aliphatic heterocycles. The number of carbonyl (C=O) groups is 2. The Kier molecular flexibility index (Phi) is 5.58. The number of nitrogens with zero attached hydrogens (tertiary/aromatic N) is 1. The Morgan fingerprint density at radius 2 is 1.90 bits per heavy atom. The zero-order valence-corrected chi connectivity index (χ0v) is 16.2. The molecule has 0 fully saturated rings. The van der Waals surface area contributed by atoms with E-state index in [1.165, 1.54) is 5.56 Å². The van der Waals surface area contributed by atoms with Gasteiger partial charge < -0.3 is 4.90 Å². The van der Waals surface area contributed by atoms with Crippen molar-refractivity contribution in [3.63, 3.8) is 0 Å². The van der Waals surface area contributed by atoms with Crippen molar-refractivity contribution < 1.29 is 14.8 Å². The molecule has 4 rings (SSSR count). The standard InChI is InChI=1S/C24H24N2O3/c27-23(25-29)21-12-13-22-16-26(14-4-7-20(22)15-21)24(28)19-10-8-18(9-11-19)17-5-2-1-3-6-17/h1-3,5-6,8,10-13,15,18,29H,4,7,9,14,16H2,(H,25,27). The zero-order chi connectivity index (χ0) is 20.2. The Labute approximate surface area is 170 Å². The van der Waals surface area contributed by atoms with Crippen LogP contribution in [0.25, 0.3) is 0 Å². The van der Waals surface area contributed by atoms with Gasteiger partial charge in [-0.15, -0.1) is 0 Å². The van der Waals surface area contributed by atoms with Gasteiger partial charge in [0.25, 0.3) is 11.8 Å². The van der Waals surface area contributed by atoms with Gasteiger partial charge in [-0.25, -0.2) is 5.48 Å². The molecule has 2 aromatic carbocycles. The van der Waals surface area contributed by atoms with E-state index in [1.54, 1.807) is 17.6 Å². The molecule has 0 aromatic heterocycles. The lowest BCUT2D eigenvalue weighted by atomic mass is 9.90. The minimum absolute atomic E-state index is 0.0535. The summed E-state index contributed by atoms with van der Waals surface area (Å²) in [5, 5.41) is 8.83. The average Bonchev–Trinajstić information content (AvgIpc) is 3.00. The minimum Gasteiger partial charge on any atom is -0.334 e. The van der Waals surface area contributed by atoms with E-state index in [-0.39, 0.29) is 5.91 Å². The summed E-state index contributed by atoms with van der Waals surface area (Å²) >= 11 is 0. The number of fused-ring (bicyclic) bond motifs is 1. The Bertz CT molecular complexity index is 979. The Morgan fingerprint density at radius 3 is 2.62 bits per heavy atom. The summed E-state index contributed by atoms with van der Waals surface area (Å²) in [6, 6.07) is 15.7. The van der Waals surface area contributed by atoms with Crippen molar-refractivity contribution in [1.82, 2.24) is 10.4 Å². The van der Waals surface area contributed by atoms with Gasteiger partial charge in [0.05, 0.1) is 0 Å². The predicted molar refractivity (Wildman–Crippen MR) is 110 cm³/mol. The molecule has 29 heavy (non-hydrogen) atoms. The number of benzene rings is 2. The van der Waals surface area contributed by atoms with Crippen molar-refractivity contribution in [3.05, 3.63) is 94.6 Å². The smallest absolute Gasteiger partial charge is 0.274 e. The lowest BCUT2D eigenvalue weighted by molar-refractivity contribution is -0.127. The first-order valence-corrected chi connectivity index (χ1v) is 9.94. The molecule has 0 radical (unpaired) electrons. The maximum absolute atomic E-state index is 13.1. The van der Waals surface area contributed by atoms with Crippen LogP contribution < -0.4 is 5.48 Å². The molecule has 1 unspecified atom stereocenters. The Hall–Kier alpha value is -3.18. The number of carbonyl (C=O) groups excluding carboxylic acids is 2. The van der Waals surface area contributed by atoms with Crippen LogP contribution in [-0.4, -0.2) is 28.5 Å². The highest BCUT2D eigenvalue weighted by molar-refractivity contribution is 5.96. The molecule has 2 amide bonds. The molecule has 5 nitrogen and oxygen atoms in total. The number of amides is 2. The van der Waals surface area contributed by atoms with Crippen LogP contribution in [0.2, 0.25) is 0 Å². The predicted octanol–water partition coefficient (Wildman–Crippen LogP) is 3.75. The van der Waals surface area contributed by atoms with E-state index < -0.39 is 5.91 Å². The van der Waals surface area contributed by atoms with Gasteiger partial charge in [-0.1, -0.05) is 54.6 Å². The number of allylic oxidation sites excluding steroid dienone is 2. The van der Waals surface area contributed by atoms with Gasteiger partial charge in [0.2, 0.25) is 0 Å². The molecule has 0 spiro atoms. The topological polar surface area (TPSA) is 69.6 Å². The molecule has 0 saturated carbocycles. The third-order valence-electron chi connectivity index (χ3n) is 5.67. The lowest BCUT2D eigenvalue weighted by Gasteiger charge is -2.24. The fraction of sp³-hybridized carbons (Fsp3) is 0.250. The first-order chi connectivity index (χ1) is 14.2. The summed E-state index contributed by atoms with van der Waals surface area (Å²) in [7, 11) is 0. The largest absolute Gasteiger partial charge is 0.334 e. The number of hydrogen-bond acceptors (Lipinski definition) is 3. The number of aryl methyl sites for hydroxylation is 1. The van der Waals surface area contributed by atoms with Crippen LogP contribution in [0.4, 0.5) is 0 Å². The maximum Gasteiger partial charge on any atom is 0.274 e. The molecule has 148 valence electrons. The zero-order valence-electron chi connectivity index (χ0n) is 16.2. The van der Waals surface area contributed by atoms with Crippen LogP contribution in [0.5, 0.6) is 0 Å². The highest BCUT2D eigenvalue weighted by Gasteiger charge is 2.23. The van der Waals surface area contributed by atoms with Crippen LogP contribution in [0.1, 0.15) is 45.8 Å². The number of hydroxylamine groups is 1. The molecule has 1 aliphatic carbocycles. The number of nitrogens with one attached hydrogen (secondary N) is 1. The first-order valence-electron chi connectivity index (χ1n) is 9.94. The van der Waals surface area contributed by atoms with E-state index in [4.69, 9.17) is 5.21 Å². The SMILES string of the molecule is O=C(NO)c1ccc2c(c1)CCCN(C(=O)C1=CCC(c3ccccc3)C=C1)C2. The number of hydrogen-bond donors (Lipinski definition) is 2. The summed E-state index contributed by atoms with van der Waals surface area (Å²) < 4.78 is 0. The van der Waals surface area contributed by atoms with Gasteiger partial charge in [-0.05, 0) is 48.1 Å². The lowest BCUT2D eigenvalue weighted by Crippen LogP contribution is -2.32. The average molecular weight is 388 g/mol. The van der Waals surface area contributed by atoms with E-state index in [0.717, 1.165) is 36.0 Å². The second kappa shape index (κ2) is 8.45. The molecule has 5 heteroatoms. The van der Waals surface area contributed by atoms with Crippen LogP contribution >= 0.6 is 0 Å². The molecule has 1 atom stereocenters. The second-order valence-corrected chi connectivity index (χ2v) is 7.53. The van der Waals surface area contributed by atoms with Crippen LogP contribution in [-0.2, 0) is 17.8 Å². The summed E-state index contributed by atoms with van der Waals surface area (Å²) in [4.78, 5) is 26.6. The minimum atomic E-state index is -0.518. The molecule has 0 saturated heterocycles. The fourth-order valence-electron chi connectivity index (χ4n) is 4.05. The third-order valence-corrected chi connectivity index (χ3v) is 5.67. The molecule has 1 heterocycles. The van der Waals surface area contributed by atoms with Gasteiger partial charge in [-0.2, -0.15) is 0 Å². The summed E-state index contributed by atoms with van der Waals surface area (Å²) in [6.07, 6.45) is 8.58. The second-order valence-electron chi connectivity index (χ2n) is 7.53. The van der Waals surface area contributed by atoms with E-state index in [1.807, 2.05) is 41.3 Å². The van der Waals surface area contributed by atoms with E-state index in [2.05, 4.69) is 18.2 Å². The maximum atomic E-state index is 13.1. The Balaban J connectivity index is 1.47. The van der Waals surface area contributed by atoms with Crippen molar-refractivity contribution in [3.8, 4) is 0 Å². The van der Waals surface area contributed by atoms with Crippen molar-refractivity contribution in [1.29, 1.82) is 0 Å². The first kappa shape index (κ1) is 19.2. The van der Waals surface area contributed by atoms with Gasteiger partial charge in [0.1, 0.15) is 0 Å². The van der Waals surface area contributed by atoms with Crippen molar-refractivity contribution in [2.24, 2.45) is 0 Å².